The van der Waals surface area contributed by atoms with Crippen LogP contribution in [0.4, 0.5) is 8.78 Å². The number of alkyl halides is 1. The maximum atomic E-state index is 13.7. The monoisotopic (exact) mass is 270 g/mol. The molecule has 18 heavy (non-hydrogen) atoms. The zero-order valence-electron chi connectivity index (χ0n) is 9.11. The second-order valence-corrected chi connectivity index (χ2v) is 4.42. The van der Waals surface area contributed by atoms with Crippen LogP contribution < -0.4 is 5.73 Å². The van der Waals surface area contributed by atoms with Crippen molar-refractivity contribution in [3.8, 4) is 0 Å². The van der Waals surface area contributed by atoms with Crippen LogP contribution in [0, 0.1) is 17.6 Å². The van der Waals surface area contributed by atoms with Gasteiger partial charge in [-0.15, -0.1) is 0 Å². The minimum Gasteiger partial charge on any atom is -0.369 e. The van der Waals surface area contributed by atoms with Gasteiger partial charge in [-0.1, -0.05) is 17.7 Å². The first kappa shape index (κ1) is 12.7. The summed E-state index contributed by atoms with van der Waals surface area (Å²) in [7, 11) is 0. The maximum Gasteiger partial charge on any atom is 0.228 e. The Morgan fingerprint density at radius 3 is 2.78 bits per heavy atom. The molecule has 0 radical (unpaired) electrons. The number of aliphatic imine (C=N–C) groups is 1. The molecule has 2 N–H and O–H groups in total. The fraction of sp³-hybridized carbons (Fsp3) is 0.167. The number of carbonyl (C=O) groups is 1. The lowest BCUT2D eigenvalue weighted by atomic mass is 9.90. The molecular weight excluding hydrogens is 262 g/mol. The normalized spacial score (nSPS) is 26.3. The molecule has 94 valence electrons. The molecule has 2 rings (SSSR count). The SMILES string of the molecule is NC(=O)C1C=CC=NC1(Cl)c1ccc(F)cc1F. The number of allylic oxidation sites excluding steroid dienone is 1. The van der Waals surface area contributed by atoms with Crippen molar-refractivity contribution in [2.45, 2.75) is 5.00 Å². The highest BCUT2D eigenvalue weighted by Gasteiger charge is 2.43. The summed E-state index contributed by atoms with van der Waals surface area (Å²) >= 11 is 6.21. The number of nitrogens with zero attached hydrogens (tertiary/aromatic N) is 1. The molecule has 0 spiro atoms. The summed E-state index contributed by atoms with van der Waals surface area (Å²) in [6.45, 7) is 0. The van der Waals surface area contributed by atoms with Crippen molar-refractivity contribution >= 4 is 23.7 Å². The Hall–Kier alpha value is -1.75. The number of carbonyl (C=O) groups excluding carboxylic acids is 1. The largest absolute Gasteiger partial charge is 0.369 e. The van der Waals surface area contributed by atoms with Crippen LogP contribution in [0.15, 0.2) is 35.3 Å². The van der Waals surface area contributed by atoms with E-state index in [1.165, 1.54) is 18.4 Å². The van der Waals surface area contributed by atoms with E-state index in [0.29, 0.717) is 6.07 Å². The second-order valence-electron chi connectivity index (χ2n) is 3.84. The Labute approximate surface area is 107 Å². The van der Waals surface area contributed by atoms with Crippen LogP contribution in [0.25, 0.3) is 0 Å². The van der Waals surface area contributed by atoms with E-state index >= 15 is 0 Å². The summed E-state index contributed by atoms with van der Waals surface area (Å²) in [6, 6.07) is 2.89. The van der Waals surface area contributed by atoms with Gasteiger partial charge in [-0.05, 0) is 18.2 Å². The Bertz CT molecular complexity index is 559. The molecule has 0 bridgehead atoms. The molecule has 1 aliphatic rings. The van der Waals surface area contributed by atoms with Crippen LogP contribution >= 0.6 is 11.6 Å². The smallest absolute Gasteiger partial charge is 0.228 e. The average Bonchev–Trinajstić information content (AvgIpc) is 2.28. The highest BCUT2D eigenvalue weighted by molar-refractivity contribution is 6.26. The minimum atomic E-state index is -1.67. The maximum absolute atomic E-state index is 13.7. The van der Waals surface area contributed by atoms with Gasteiger partial charge in [0.2, 0.25) is 5.91 Å². The number of primary amides is 1. The quantitative estimate of drug-likeness (QED) is 0.649. The molecule has 2 unspecified atom stereocenters. The minimum absolute atomic E-state index is 0.0880. The number of nitrogens with two attached hydrogens (primary N) is 1. The predicted molar refractivity (Wildman–Crippen MR) is 64.2 cm³/mol. The molecule has 0 aromatic heterocycles. The van der Waals surface area contributed by atoms with Crippen LogP contribution in [-0.4, -0.2) is 12.1 Å². The number of benzene rings is 1. The summed E-state index contributed by atoms with van der Waals surface area (Å²) in [4.78, 5) is 13.6. The molecule has 0 saturated heterocycles. The van der Waals surface area contributed by atoms with Crippen molar-refractivity contribution in [2.75, 3.05) is 0 Å². The van der Waals surface area contributed by atoms with Crippen LogP contribution in [0.5, 0.6) is 0 Å². The molecule has 0 fully saturated rings. The van der Waals surface area contributed by atoms with E-state index in [9.17, 15) is 13.6 Å². The lowest BCUT2D eigenvalue weighted by Crippen LogP contribution is -2.38. The lowest BCUT2D eigenvalue weighted by molar-refractivity contribution is -0.121. The molecule has 1 amide bonds. The van der Waals surface area contributed by atoms with Crippen LogP contribution in [-0.2, 0) is 9.79 Å². The predicted octanol–water partition coefficient (Wildman–Crippen LogP) is 2.10. The fourth-order valence-electron chi connectivity index (χ4n) is 1.81. The van der Waals surface area contributed by atoms with E-state index in [1.807, 2.05) is 0 Å². The van der Waals surface area contributed by atoms with Crippen LogP contribution in [0.1, 0.15) is 5.56 Å². The summed E-state index contributed by atoms with van der Waals surface area (Å²) in [5.41, 5.74) is 5.13. The topological polar surface area (TPSA) is 55.5 Å². The molecule has 1 heterocycles. The van der Waals surface area contributed by atoms with Gasteiger partial charge >= 0.3 is 0 Å². The van der Waals surface area contributed by atoms with Crippen molar-refractivity contribution in [3.05, 3.63) is 47.5 Å². The molecular formula is C12H9ClF2N2O. The van der Waals surface area contributed by atoms with E-state index in [1.54, 1.807) is 0 Å². The van der Waals surface area contributed by atoms with E-state index in [-0.39, 0.29) is 5.56 Å². The van der Waals surface area contributed by atoms with Gasteiger partial charge in [0.1, 0.15) is 11.6 Å². The van der Waals surface area contributed by atoms with Crippen LogP contribution in [0.2, 0.25) is 0 Å². The third-order valence-electron chi connectivity index (χ3n) is 2.68. The summed E-state index contributed by atoms with van der Waals surface area (Å²) in [6.07, 6.45) is 4.28. The first-order chi connectivity index (χ1) is 8.45. The summed E-state index contributed by atoms with van der Waals surface area (Å²) < 4.78 is 26.6. The van der Waals surface area contributed by atoms with E-state index in [0.717, 1.165) is 12.1 Å². The van der Waals surface area contributed by atoms with Gasteiger partial charge in [-0.3, -0.25) is 9.79 Å². The molecule has 1 aliphatic heterocycles. The number of hydrogen-bond acceptors (Lipinski definition) is 2. The van der Waals surface area contributed by atoms with Crippen molar-refractivity contribution < 1.29 is 13.6 Å². The molecule has 0 aliphatic carbocycles. The van der Waals surface area contributed by atoms with Crippen molar-refractivity contribution in [1.29, 1.82) is 0 Å². The van der Waals surface area contributed by atoms with Crippen LogP contribution in [0.3, 0.4) is 0 Å². The Balaban J connectivity index is 2.55. The summed E-state index contributed by atoms with van der Waals surface area (Å²) in [5, 5.41) is 0. The third-order valence-corrected chi connectivity index (χ3v) is 3.22. The van der Waals surface area contributed by atoms with Gasteiger partial charge in [0.15, 0.2) is 5.00 Å². The van der Waals surface area contributed by atoms with Gasteiger partial charge in [-0.2, -0.15) is 0 Å². The fourth-order valence-corrected chi connectivity index (χ4v) is 2.20. The zero-order chi connectivity index (χ0) is 13.3. The molecule has 0 saturated carbocycles. The first-order valence-electron chi connectivity index (χ1n) is 5.11. The number of rotatable bonds is 2. The van der Waals surface area contributed by atoms with Gasteiger partial charge in [0.25, 0.3) is 0 Å². The second kappa shape index (κ2) is 4.49. The standard InChI is InChI=1S/C12H9ClF2N2O/c13-12(8-4-3-7(14)6-10(8)15)9(11(16)18)2-1-5-17-12/h1-6,9H,(H2,16,18). The third kappa shape index (κ3) is 2.01. The molecule has 6 heteroatoms. The molecule has 1 aromatic carbocycles. The zero-order valence-corrected chi connectivity index (χ0v) is 9.86. The van der Waals surface area contributed by atoms with Gasteiger partial charge < -0.3 is 5.73 Å². The molecule has 2 atom stereocenters. The number of halogens is 3. The number of dihydropyridines is 1. The highest BCUT2D eigenvalue weighted by atomic mass is 35.5. The average molecular weight is 271 g/mol. The van der Waals surface area contributed by atoms with Gasteiger partial charge in [0, 0.05) is 17.8 Å². The Kier molecular flexibility index (Phi) is 3.17. The van der Waals surface area contributed by atoms with E-state index in [2.05, 4.69) is 4.99 Å². The summed E-state index contributed by atoms with van der Waals surface area (Å²) in [5.74, 6) is -3.34. The molecule has 1 aromatic rings. The molecule has 3 nitrogen and oxygen atoms in total. The van der Waals surface area contributed by atoms with E-state index < -0.39 is 28.5 Å². The van der Waals surface area contributed by atoms with E-state index in [4.69, 9.17) is 17.3 Å². The lowest BCUT2D eigenvalue weighted by Gasteiger charge is -2.30. The Morgan fingerprint density at radius 2 is 2.17 bits per heavy atom. The van der Waals surface area contributed by atoms with Crippen molar-refractivity contribution in [2.24, 2.45) is 16.6 Å². The van der Waals surface area contributed by atoms with Crippen molar-refractivity contribution in [3.63, 3.8) is 0 Å². The number of hydrogen-bond donors (Lipinski definition) is 1. The Morgan fingerprint density at radius 1 is 1.44 bits per heavy atom. The van der Waals surface area contributed by atoms with Gasteiger partial charge in [0.05, 0.1) is 5.92 Å². The number of amides is 1. The first-order valence-corrected chi connectivity index (χ1v) is 5.48. The highest BCUT2D eigenvalue weighted by Crippen LogP contribution is 2.41. The van der Waals surface area contributed by atoms with Gasteiger partial charge in [-0.25, -0.2) is 8.78 Å². The van der Waals surface area contributed by atoms with Crippen molar-refractivity contribution in [1.82, 2.24) is 0 Å².